The van der Waals surface area contributed by atoms with E-state index in [9.17, 15) is 10.1 Å². The predicted octanol–water partition coefficient (Wildman–Crippen LogP) is 3.95. The zero-order valence-electron chi connectivity index (χ0n) is 11.9. The second kappa shape index (κ2) is 7.24. The quantitative estimate of drug-likeness (QED) is 0.498. The average molecular weight is 302 g/mol. The van der Waals surface area contributed by atoms with Crippen LogP contribution in [0.25, 0.3) is 0 Å². The van der Waals surface area contributed by atoms with Gasteiger partial charge in [0.15, 0.2) is 0 Å². The van der Waals surface area contributed by atoms with Gasteiger partial charge in [0.25, 0.3) is 5.69 Å². The van der Waals surface area contributed by atoms with Crippen molar-refractivity contribution >= 4 is 17.4 Å². The van der Waals surface area contributed by atoms with E-state index >= 15 is 0 Å². The summed E-state index contributed by atoms with van der Waals surface area (Å²) in [5.41, 5.74) is 8.63. The Bertz CT molecular complexity index is 614. The number of hydrogen-bond donors (Lipinski definition) is 1. The maximum absolute atomic E-state index is 11.0. The van der Waals surface area contributed by atoms with Crippen LogP contribution in [0, 0.1) is 10.1 Å². The Labute approximate surface area is 128 Å². The summed E-state index contributed by atoms with van der Waals surface area (Å²) in [6, 6.07) is 14.8. The zero-order valence-corrected chi connectivity index (χ0v) is 12.7. The highest BCUT2D eigenvalue weighted by Crippen LogP contribution is 2.31. The van der Waals surface area contributed by atoms with E-state index < -0.39 is 0 Å². The maximum Gasteiger partial charge on any atom is 0.282 e. The van der Waals surface area contributed by atoms with Gasteiger partial charge >= 0.3 is 0 Å². The summed E-state index contributed by atoms with van der Waals surface area (Å²) in [5, 5.41) is 11.0. The Hall–Kier alpha value is -1.85. The highest BCUT2D eigenvalue weighted by Gasteiger charge is 2.14. The lowest BCUT2D eigenvalue weighted by Gasteiger charge is -2.12. The van der Waals surface area contributed by atoms with Crippen molar-refractivity contribution in [1.29, 1.82) is 0 Å². The summed E-state index contributed by atoms with van der Waals surface area (Å²) in [4.78, 5) is 11.3. The van der Waals surface area contributed by atoms with Gasteiger partial charge in [-0.25, -0.2) is 0 Å². The molecule has 0 fully saturated rings. The first-order valence-corrected chi connectivity index (χ1v) is 7.81. The first-order valence-electron chi connectivity index (χ1n) is 6.82. The lowest BCUT2D eigenvalue weighted by molar-refractivity contribution is -0.387. The van der Waals surface area contributed by atoms with Crippen LogP contribution in [0.3, 0.4) is 0 Å². The fourth-order valence-electron chi connectivity index (χ4n) is 2.01. The summed E-state index contributed by atoms with van der Waals surface area (Å²) >= 11 is 1.42. The second-order valence-corrected chi connectivity index (χ2v) is 5.80. The van der Waals surface area contributed by atoms with E-state index in [-0.39, 0.29) is 16.7 Å². The highest BCUT2D eigenvalue weighted by atomic mass is 32.2. The van der Waals surface area contributed by atoms with Crippen molar-refractivity contribution in [2.24, 2.45) is 5.73 Å². The van der Waals surface area contributed by atoms with Crippen molar-refractivity contribution in [3.8, 4) is 0 Å². The van der Waals surface area contributed by atoms with E-state index in [1.54, 1.807) is 18.2 Å². The smallest absolute Gasteiger partial charge is 0.282 e. The number of nitro groups is 1. The molecule has 0 bridgehead atoms. The molecule has 0 radical (unpaired) electrons. The molecule has 2 aromatic carbocycles. The van der Waals surface area contributed by atoms with Crippen molar-refractivity contribution in [2.45, 2.75) is 24.3 Å². The Morgan fingerprint density at radius 2 is 1.86 bits per heavy atom. The first kappa shape index (κ1) is 15.5. The molecular formula is C16H18N2O2S. The third-order valence-corrected chi connectivity index (χ3v) is 4.48. The third-order valence-electron chi connectivity index (χ3n) is 3.30. The molecular weight excluding hydrogens is 284 g/mol. The molecule has 0 saturated carbocycles. The molecule has 2 rings (SSSR count). The molecule has 0 saturated heterocycles. The molecule has 0 spiro atoms. The highest BCUT2D eigenvalue weighted by molar-refractivity contribution is 7.99. The zero-order chi connectivity index (χ0) is 15.2. The van der Waals surface area contributed by atoms with Gasteiger partial charge in [-0.1, -0.05) is 43.3 Å². The van der Waals surface area contributed by atoms with Gasteiger partial charge in [0.1, 0.15) is 0 Å². The molecule has 1 unspecified atom stereocenters. The van der Waals surface area contributed by atoms with Crippen LogP contribution < -0.4 is 5.73 Å². The standard InChI is InChI=1S/C16H18N2O2S/c1-2-12-7-9-13(10-8-12)14(17)11-21-16-6-4-3-5-15(16)18(19)20/h3-10,14H,2,11,17H2,1H3. The molecule has 0 aromatic heterocycles. The maximum atomic E-state index is 11.0. The van der Waals surface area contributed by atoms with Crippen molar-refractivity contribution in [3.63, 3.8) is 0 Å². The fourth-order valence-corrected chi connectivity index (χ4v) is 3.02. The monoisotopic (exact) mass is 302 g/mol. The van der Waals surface area contributed by atoms with Crippen LogP contribution in [0.1, 0.15) is 24.1 Å². The summed E-state index contributed by atoms with van der Waals surface area (Å²) in [6.45, 7) is 2.11. The van der Waals surface area contributed by atoms with Gasteiger partial charge in [0.05, 0.1) is 9.82 Å². The minimum Gasteiger partial charge on any atom is -0.323 e. The molecule has 1 atom stereocenters. The minimum atomic E-state index is -0.357. The lowest BCUT2D eigenvalue weighted by Crippen LogP contribution is -2.13. The van der Waals surface area contributed by atoms with Crippen molar-refractivity contribution in [3.05, 3.63) is 69.8 Å². The fraction of sp³-hybridized carbons (Fsp3) is 0.250. The molecule has 0 amide bonds. The third kappa shape index (κ3) is 4.06. The number of aryl methyl sites for hydroxylation is 1. The Balaban J connectivity index is 2.03. The molecule has 21 heavy (non-hydrogen) atoms. The molecule has 0 heterocycles. The summed E-state index contributed by atoms with van der Waals surface area (Å²) in [7, 11) is 0. The van der Waals surface area contributed by atoms with E-state index in [4.69, 9.17) is 5.73 Å². The van der Waals surface area contributed by atoms with Crippen LogP contribution >= 0.6 is 11.8 Å². The Morgan fingerprint density at radius 1 is 1.19 bits per heavy atom. The van der Waals surface area contributed by atoms with E-state index in [2.05, 4.69) is 19.1 Å². The second-order valence-electron chi connectivity index (χ2n) is 4.74. The van der Waals surface area contributed by atoms with E-state index in [1.807, 2.05) is 12.1 Å². The van der Waals surface area contributed by atoms with E-state index in [0.29, 0.717) is 10.6 Å². The number of para-hydroxylation sites is 1. The van der Waals surface area contributed by atoms with Crippen LogP contribution in [0.15, 0.2) is 53.4 Å². The molecule has 2 aromatic rings. The van der Waals surface area contributed by atoms with Crippen LogP contribution in [-0.4, -0.2) is 10.7 Å². The minimum absolute atomic E-state index is 0.135. The van der Waals surface area contributed by atoms with Crippen LogP contribution in [0.2, 0.25) is 0 Å². The van der Waals surface area contributed by atoms with Crippen molar-refractivity contribution in [2.75, 3.05) is 5.75 Å². The molecule has 4 nitrogen and oxygen atoms in total. The van der Waals surface area contributed by atoms with Gasteiger partial charge in [0, 0.05) is 17.9 Å². The number of benzene rings is 2. The predicted molar refractivity (Wildman–Crippen MR) is 86.6 cm³/mol. The largest absolute Gasteiger partial charge is 0.323 e. The Morgan fingerprint density at radius 3 is 2.48 bits per heavy atom. The SMILES string of the molecule is CCc1ccc(C(N)CSc2ccccc2[N+](=O)[O-])cc1. The lowest BCUT2D eigenvalue weighted by atomic mass is 10.1. The summed E-state index contributed by atoms with van der Waals surface area (Å²) in [5.74, 6) is 0.607. The van der Waals surface area contributed by atoms with Gasteiger partial charge < -0.3 is 5.73 Å². The van der Waals surface area contributed by atoms with Crippen LogP contribution in [-0.2, 0) is 6.42 Å². The molecule has 2 N–H and O–H groups in total. The Kier molecular flexibility index (Phi) is 5.36. The van der Waals surface area contributed by atoms with Crippen molar-refractivity contribution in [1.82, 2.24) is 0 Å². The molecule has 5 heteroatoms. The van der Waals surface area contributed by atoms with E-state index in [1.165, 1.54) is 23.4 Å². The molecule has 0 aliphatic heterocycles. The van der Waals surface area contributed by atoms with Gasteiger partial charge in [-0.2, -0.15) is 0 Å². The molecule has 0 aliphatic rings. The van der Waals surface area contributed by atoms with Gasteiger partial charge in [-0.15, -0.1) is 11.8 Å². The normalized spacial score (nSPS) is 12.1. The number of rotatable bonds is 6. The van der Waals surface area contributed by atoms with Crippen LogP contribution in [0.5, 0.6) is 0 Å². The van der Waals surface area contributed by atoms with Gasteiger partial charge in [-0.05, 0) is 23.6 Å². The molecule has 110 valence electrons. The number of nitrogens with two attached hydrogens (primary N) is 1. The number of nitrogens with zero attached hydrogens (tertiary/aromatic N) is 1. The first-order chi connectivity index (χ1) is 10.1. The molecule has 0 aliphatic carbocycles. The van der Waals surface area contributed by atoms with Gasteiger partial charge in [-0.3, -0.25) is 10.1 Å². The topological polar surface area (TPSA) is 69.2 Å². The number of nitro benzene ring substituents is 1. The van der Waals surface area contributed by atoms with Crippen molar-refractivity contribution < 1.29 is 4.92 Å². The summed E-state index contributed by atoms with van der Waals surface area (Å²) < 4.78 is 0. The number of thioether (sulfide) groups is 1. The number of hydrogen-bond acceptors (Lipinski definition) is 4. The van der Waals surface area contributed by atoms with E-state index in [0.717, 1.165) is 12.0 Å². The summed E-state index contributed by atoms with van der Waals surface area (Å²) in [6.07, 6.45) is 1.00. The van der Waals surface area contributed by atoms with Gasteiger partial charge in [0.2, 0.25) is 0 Å². The average Bonchev–Trinajstić information content (AvgIpc) is 2.52. The van der Waals surface area contributed by atoms with Crippen LogP contribution in [0.4, 0.5) is 5.69 Å².